The molecule has 72 heavy (non-hydrogen) atoms. The second-order valence-corrected chi connectivity index (χ2v) is 33.9. The van der Waals surface area contributed by atoms with Crippen molar-refractivity contribution in [3.8, 4) is 0 Å². The van der Waals surface area contributed by atoms with Crippen LogP contribution in [0.2, 0.25) is 18.1 Å². The van der Waals surface area contributed by atoms with Crippen LogP contribution in [0.5, 0.6) is 0 Å². The predicted molar refractivity (Wildman–Crippen MR) is 322 cm³/mol. The molecule has 8 saturated carbocycles. The summed E-state index contributed by atoms with van der Waals surface area (Å²) in [6.07, 6.45) is 34.0. The first-order valence-electron chi connectivity index (χ1n) is 29.2. The van der Waals surface area contributed by atoms with Crippen molar-refractivity contribution in [3.05, 3.63) is 71.9 Å². The maximum Gasteiger partial charge on any atom is 0.192 e. The summed E-state index contributed by atoms with van der Waals surface area (Å²) in [6, 6.07) is 0. The van der Waals surface area contributed by atoms with E-state index >= 15 is 0 Å². The largest absolute Gasteiger partial charge is 0.410 e. The fourth-order valence-corrected chi connectivity index (χ4v) is 17.8. The standard InChI is InChI=1S/C35H60OSi.C29H46O.CH2Cl2.2CH4/c1-23(2)24(3)15-16-25(4)30-17-18-31-28(14-13-19-34(30,31)10)20-26(5)35-22-29(35)21-32(27(35)6)36-37(11,12)33(7,8)9;1-18(2)19(3)10-11-20(4)25-12-13-26-23(9-8-14-28(25,26)7)15-21(5)29-17-24(29)16-27(30)22(29)6;2-1-3;;/h15-16,20,23-26,29-32H,6,13-14,17-19,21-22H2,1-5,7-12H3;10-11,15,18-21,24-27,30H,6,8-9,12-14,16-17H2,1-5,7H3;1H2;2*1H4/b16-15+,28-20+;11-10+,23-15+;;;/t24-,25+,26+,29?,30+,31-,32-,34+,35-;19-,20+,21?,24?,25+,26-,27-,28+,29-;;;/m00.../s1. The molecule has 8 aliphatic carbocycles. The number of hydrogen-bond acceptors (Lipinski definition) is 2. The summed E-state index contributed by atoms with van der Waals surface area (Å²) in [5.41, 5.74) is 7.59. The monoisotopic (exact) mass is 1050 g/mol. The first kappa shape index (κ1) is 63.7. The average molecular weight is 1050 g/mol. The van der Waals surface area contributed by atoms with Gasteiger partial charge in [0.1, 0.15) is 0 Å². The summed E-state index contributed by atoms with van der Waals surface area (Å²) in [5.74, 6) is 9.94. The quantitative estimate of drug-likeness (QED) is 0.107. The highest BCUT2D eigenvalue weighted by atomic mass is 35.5. The lowest BCUT2D eigenvalue weighted by atomic mass is 9.60. The molecule has 414 valence electrons. The summed E-state index contributed by atoms with van der Waals surface area (Å²) >= 11 is 9.53. The molecule has 2 nitrogen and oxygen atoms in total. The fraction of sp³-hybridized carbons (Fsp3) is 0.821. The molecule has 5 heteroatoms. The van der Waals surface area contributed by atoms with E-state index in [0.717, 1.165) is 53.4 Å². The number of aliphatic hydroxyl groups is 1. The number of aliphatic hydroxyl groups excluding tert-OH is 1. The molecule has 0 aliphatic heterocycles. The maximum absolute atomic E-state index is 10.3. The molecule has 0 saturated heterocycles. The van der Waals surface area contributed by atoms with Gasteiger partial charge in [-0.2, -0.15) is 0 Å². The Balaban J connectivity index is 0.000000294. The molecule has 0 spiro atoms. The Bertz CT molecular complexity index is 1950. The third-order valence-corrected chi connectivity index (χ3v) is 27.5. The van der Waals surface area contributed by atoms with Crippen LogP contribution < -0.4 is 0 Å². The molecule has 8 aliphatic rings. The SMILES string of the molecule is C.C.C=C1[C@@H](O)CC2C[C@]12C(C)/C=C1\CCC[C@]2(C)[C@@H]([C@H](C)/C=C/[C@H](C)C(C)C)CC[C@@H]12.C=C1[C@@H](O[Si](C)(C)C(C)(C)C)CC2C[C@]12[C@H](C)/C=C1\CCC[C@]2(C)[C@@H]([C@H](C)/C=C/[C@H](C)C(C)C)CC[C@@H]12.ClCCl. The van der Waals surface area contributed by atoms with Crippen molar-refractivity contribution in [1.29, 1.82) is 0 Å². The third-order valence-electron chi connectivity index (χ3n) is 23.0. The summed E-state index contributed by atoms with van der Waals surface area (Å²) in [7, 11) is -1.78. The van der Waals surface area contributed by atoms with Crippen molar-refractivity contribution in [1.82, 2.24) is 0 Å². The van der Waals surface area contributed by atoms with Gasteiger partial charge in [-0.25, -0.2) is 0 Å². The van der Waals surface area contributed by atoms with E-state index in [0.29, 0.717) is 57.7 Å². The Hall–Kier alpha value is -0.843. The molecule has 8 rings (SSSR count). The van der Waals surface area contributed by atoms with Crippen LogP contribution in [0.1, 0.15) is 209 Å². The van der Waals surface area contributed by atoms with Crippen molar-refractivity contribution in [2.24, 2.45) is 105 Å². The Morgan fingerprint density at radius 1 is 0.653 bits per heavy atom. The van der Waals surface area contributed by atoms with Crippen LogP contribution in [0, 0.1) is 105 Å². The lowest BCUT2D eigenvalue weighted by molar-refractivity contribution is 0.111. The molecule has 0 aromatic heterocycles. The molecule has 3 unspecified atom stereocenters. The Morgan fingerprint density at radius 2 is 1.04 bits per heavy atom. The van der Waals surface area contributed by atoms with E-state index in [2.05, 4.69) is 160 Å². The minimum atomic E-state index is -1.78. The van der Waals surface area contributed by atoms with E-state index in [1.165, 1.54) is 89.0 Å². The Morgan fingerprint density at radius 3 is 1.40 bits per heavy atom. The highest BCUT2D eigenvalue weighted by Gasteiger charge is 2.66. The van der Waals surface area contributed by atoms with E-state index in [1.807, 2.05) is 0 Å². The third kappa shape index (κ3) is 12.4. The van der Waals surface area contributed by atoms with Gasteiger partial charge in [-0.15, -0.1) is 23.2 Å². The topological polar surface area (TPSA) is 29.5 Å². The van der Waals surface area contributed by atoms with Gasteiger partial charge in [0.15, 0.2) is 8.32 Å². The van der Waals surface area contributed by atoms with E-state index < -0.39 is 8.32 Å². The zero-order valence-electron chi connectivity index (χ0n) is 48.3. The first-order chi connectivity index (χ1) is 32.6. The highest BCUT2D eigenvalue weighted by molar-refractivity contribution is 6.74. The van der Waals surface area contributed by atoms with Crippen molar-refractivity contribution < 1.29 is 9.53 Å². The van der Waals surface area contributed by atoms with Crippen LogP contribution in [0.3, 0.4) is 0 Å². The molecule has 1 N–H and O–H groups in total. The van der Waals surface area contributed by atoms with Crippen molar-refractivity contribution in [2.45, 2.75) is 239 Å². The molecular formula is C67H116Cl2O2Si. The molecule has 8 fully saturated rings. The van der Waals surface area contributed by atoms with E-state index in [-0.39, 0.29) is 42.9 Å². The van der Waals surface area contributed by atoms with Gasteiger partial charge in [-0.05, 0) is 213 Å². The molecule has 0 radical (unpaired) electrons. The number of halogens is 2. The second kappa shape index (κ2) is 24.4. The molecule has 0 amide bonds. The molecule has 0 aromatic carbocycles. The van der Waals surface area contributed by atoms with Crippen LogP contribution in [0.15, 0.2) is 71.9 Å². The first-order valence-corrected chi connectivity index (χ1v) is 33.2. The van der Waals surface area contributed by atoms with Crippen LogP contribution in [-0.2, 0) is 4.43 Å². The molecular weight excluding hydrogens is 936 g/mol. The van der Waals surface area contributed by atoms with Gasteiger partial charge in [0.25, 0.3) is 0 Å². The van der Waals surface area contributed by atoms with Crippen molar-refractivity contribution in [3.63, 3.8) is 0 Å². The predicted octanol–water partition coefficient (Wildman–Crippen LogP) is 20.9. The highest BCUT2D eigenvalue weighted by Crippen LogP contribution is 2.72. The number of hydrogen-bond donors (Lipinski definition) is 1. The van der Waals surface area contributed by atoms with Gasteiger partial charge in [0.2, 0.25) is 0 Å². The normalized spacial score (nSPS) is 39.5. The van der Waals surface area contributed by atoms with Gasteiger partial charge in [0, 0.05) is 10.8 Å². The lowest BCUT2D eigenvalue weighted by Crippen LogP contribution is -2.44. The van der Waals surface area contributed by atoms with Crippen LogP contribution >= 0.6 is 23.2 Å². The maximum atomic E-state index is 10.3. The number of allylic oxidation sites excluding steroid dienone is 8. The van der Waals surface area contributed by atoms with E-state index in [4.69, 9.17) is 34.2 Å². The summed E-state index contributed by atoms with van der Waals surface area (Å²) < 4.78 is 6.93. The minimum Gasteiger partial charge on any atom is -0.410 e. The zero-order chi connectivity index (χ0) is 52.1. The van der Waals surface area contributed by atoms with E-state index in [1.54, 1.807) is 11.1 Å². The van der Waals surface area contributed by atoms with Crippen molar-refractivity contribution >= 4 is 31.5 Å². The molecule has 0 bridgehead atoms. The average Bonchev–Trinajstić information content (AvgIpc) is 4.02. The van der Waals surface area contributed by atoms with Gasteiger partial charge in [-0.3, -0.25) is 0 Å². The second-order valence-electron chi connectivity index (χ2n) is 28.3. The van der Waals surface area contributed by atoms with Crippen molar-refractivity contribution in [2.75, 3.05) is 5.34 Å². The van der Waals surface area contributed by atoms with Gasteiger partial charge in [-0.1, -0.05) is 179 Å². The number of rotatable bonds is 14. The molecule has 18 atom stereocenters. The van der Waals surface area contributed by atoms with Crippen LogP contribution in [0.4, 0.5) is 0 Å². The van der Waals surface area contributed by atoms with E-state index in [9.17, 15) is 5.11 Å². The number of fused-ring (bicyclic) bond motifs is 4. The smallest absolute Gasteiger partial charge is 0.192 e. The van der Waals surface area contributed by atoms with Crippen LogP contribution in [0.25, 0.3) is 0 Å². The summed E-state index contributed by atoms with van der Waals surface area (Å²) in [5, 5.41) is 10.8. The van der Waals surface area contributed by atoms with Crippen LogP contribution in [-0.4, -0.2) is 31.0 Å². The minimum absolute atomic E-state index is 0. The lowest BCUT2D eigenvalue weighted by Gasteiger charge is -2.44. The Kier molecular flexibility index (Phi) is 21.6. The number of alkyl halides is 2. The van der Waals surface area contributed by atoms with Gasteiger partial charge >= 0.3 is 0 Å². The molecule has 0 aromatic rings. The van der Waals surface area contributed by atoms with Gasteiger partial charge < -0.3 is 9.53 Å². The fourth-order valence-electron chi connectivity index (χ4n) is 16.5. The Labute approximate surface area is 459 Å². The summed E-state index contributed by atoms with van der Waals surface area (Å²) in [4.78, 5) is 0. The molecule has 0 heterocycles. The summed E-state index contributed by atoms with van der Waals surface area (Å²) in [6.45, 7) is 50.2. The zero-order valence-corrected chi connectivity index (χ0v) is 50.8. The van der Waals surface area contributed by atoms with Gasteiger partial charge in [0.05, 0.1) is 17.5 Å².